The first-order valence-corrected chi connectivity index (χ1v) is 11.1. The number of carbonyl (C=O) groups excluding carboxylic acids is 1. The maximum atomic E-state index is 15.0. The minimum atomic E-state index is -0.711. The van der Waals surface area contributed by atoms with Crippen LogP contribution in [0.25, 0.3) is 11.0 Å². The number of hydrogen-bond donors (Lipinski definition) is 2. The van der Waals surface area contributed by atoms with Crippen LogP contribution in [0.5, 0.6) is 11.6 Å². The van der Waals surface area contributed by atoms with Crippen LogP contribution in [0.4, 0.5) is 16.0 Å². The van der Waals surface area contributed by atoms with Crippen molar-refractivity contribution in [3.05, 3.63) is 35.3 Å². The van der Waals surface area contributed by atoms with Gasteiger partial charge >= 0.3 is 0 Å². The zero-order chi connectivity index (χ0) is 24.4. The van der Waals surface area contributed by atoms with E-state index in [1.165, 1.54) is 25.4 Å². The van der Waals surface area contributed by atoms with Crippen molar-refractivity contribution in [1.29, 1.82) is 5.26 Å². The zero-order valence-electron chi connectivity index (χ0n) is 19.0. The molecule has 0 radical (unpaired) electrons. The minimum Gasteiger partial charge on any atom is -0.495 e. The van der Waals surface area contributed by atoms with Gasteiger partial charge in [0, 0.05) is 31.8 Å². The molecule has 2 N–H and O–H groups in total. The summed E-state index contributed by atoms with van der Waals surface area (Å²) in [5, 5.41) is 12.9. The molecule has 0 saturated carbocycles. The number of benzene rings is 1. The summed E-state index contributed by atoms with van der Waals surface area (Å²) in [7, 11) is 1.42. The third-order valence-electron chi connectivity index (χ3n) is 5.85. The van der Waals surface area contributed by atoms with Gasteiger partial charge in [-0.25, -0.2) is 4.39 Å². The average Bonchev–Trinajstić information content (AvgIpc) is 3.54. The minimum absolute atomic E-state index is 0.0982. The molecule has 0 spiro atoms. The van der Waals surface area contributed by atoms with E-state index in [2.05, 4.69) is 26.3 Å². The highest BCUT2D eigenvalue weighted by molar-refractivity contribution is 5.96. The molecule has 0 aliphatic carbocycles. The van der Waals surface area contributed by atoms with Crippen LogP contribution < -0.4 is 14.8 Å². The van der Waals surface area contributed by atoms with Crippen LogP contribution in [-0.2, 0) is 9.47 Å². The Kier molecular flexibility index (Phi) is 6.35. The Labute approximate surface area is 199 Å². The standard InChI is InChI=1S/C23H23FN6O5/c1-32-18-8-15(22(31)30-3-6-33-7-4-30)16(24)9-17(18)27-23-28-20-19(13(10-25)11-26-20)21(29-23)35-14-2-5-34-12-14/h8-9,11,14H,2-7,12H2,1H3,(H2,26,27,28,29)/t14-/m0/s1. The number of morpholine rings is 1. The lowest BCUT2D eigenvalue weighted by Crippen LogP contribution is -2.41. The highest BCUT2D eigenvalue weighted by Crippen LogP contribution is 2.33. The summed E-state index contributed by atoms with van der Waals surface area (Å²) >= 11 is 0. The van der Waals surface area contributed by atoms with Crippen molar-refractivity contribution < 1.29 is 28.1 Å². The topological polar surface area (TPSA) is 135 Å². The number of nitriles is 1. The van der Waals surface area contributed by atoms with Crippen molar-refractivity contribution in [3.63, 3.8) is 0 Å². The molecule has 1 atom stereocenters. The first-order valence-electron chi connectivity index (χ1n) is 11.1. The number of nitrogens with one attached hydrogen (secondary N) is 2. The highest BCUT2D eigenvalue weighted by Gasteiger charge is 2.25. The van der Waals surface area contributed by atoms with Gasteiger partial charge in [0.25, 0.3) is 5.91 Å². The van der Waals surface area contributed by atoms with Crippen LogP contribution >= 0.6 is 0 Å². The van der Waals surface area contributed by atoms with E-state index in [4.69, 9.17) is 18.9 Å². The molecular formula is C23H23FN6O5. The summed E-state index contributed by atoms with van der Waals surface area (Å²) in [6.07, 6.45) is 2.01. The van der Waals surface area contributed by atoms with E-state index in [-0.39, 0.29) is 34.9 Å². The van der Waals surface area contributed by atoms with Crippen LogP contribution in [0.2, 0.25) is 0 Å². The molecule has 2 saturated heterocycles. The monoisotopic (exact) mass is 482 g/mol. The normalized spacial score (nSPS) is 17.9. The number of anilines is 2. The molecule has 2 fully saturated rings. The van der Waals surface area contributed by atoms with Gasteiger partial charge in [-0.15, -0.1) is 0 Å². The molecule has 0 unspecified atom stereocenters. The number of H-pyrrole nitrogens is 1. The Balaban J connectivity index is 1.47. The molecule has 3 aromatic rings. The first kappa shape index (κ1) is 22.8. The maximum Gasteiger partial charge on any atom is 0.257 e. The fourth-order valence-electron chi connectivity index (χ4n) is 4.03. The lowest BCUT2D eigenvalue weighted by molar-refractivity contribution is 0.0299. The van der Waals surface area contributed by atoms with Gasteiger partial charge in [-0.1, -0.05) is 0 Å². The van der Waals surface area contributed by atoms with Gasteiger partial charge in [0.15, 0.2) is 0 Å². The molecule has 0 bridgehead atoms. The number of nitrogens with zero attached hydrogens (tertiary/aromatic N) is 4. The summed E-state index contributed by atoms with van der Waals surface area (Å²) in [5.41, 5.74) is 0.852. The van der Waals surface area contributed by atoms with Crippen molar-refractivity contribution in [2.75, 3.05) is 51.9 Å². The van der Waals surface area contributed by atoms with Crippen LogP contribution in [0.1, 0.15) is 22.3 Å². The van der Waals surface area contributed by atoms with Gasteiger partial charge in [-0.05, 0) is 6.07 Å². The number of carbonyl (C=O) groups is 1. The first-order chi connectivity index (χ1) is 17.1. The van der Waals surface area contributed by atoms with Crippen LogP contribution in [-0.4, -0.2) is 78.5 Å². The van der Waals surface area contributed by atoms with Crippen molar-refractivity contribution >= 4 is 28.6 Å². The number of hydrogen-bond acceptors (Lipinski definition) is 9. The van der Waals surface area contributed by atoms with Crippen molar-refractivity contribution in [2.45, 2.75) is 12.5 Å². The number of amides is 1. The molecule has 2 aromatic heterocycles. The van der Waals surface area contributed by atoms with Crippen molar-refractivity contribution in [2.24, 2.45) is 0 Å². The largest absolute Gasteiger partial charge is 0.495 e. The van der Waals surface area contributed by atoms with Gasteiger partial charge in [-0.2, -0.15) is 15.2 Å². The molecule has 12 heteroatoms. The molecule has 35 heavy (non-hydrogen) atoms. The van der Waals surface area contributed by atoms with Crippen LogP contribution in [0, 0.1) is 17.1 Å². The number of fused-ring (bicyclic) bond motifs is 1. The Morgan fingerprint density at radius 1 is 1.29 bits per heavy atom. The predicted molar refractivity (Wildman–Crippen MR) is 121 cm³/mol. The molecule has 182 valence electrons. The summed E-state index contributed by atoms with van der Waals surface area (Å²) in [6, 6.07) is 4.62. The van der Waals surface area contributed by atoms with Crippen LogP contribution in [0.15, 0.2) is 18.3 Å². The van der Waals surface area contributed by atoms with Gasteiger partial charge in [0.2, 0.25) is 11.8 Å². The molecule has 5 rings (SSSR count). The van der Waals surface area contributed by atoms with Gasteiger partial charge in [-0.3, -0.25) is 4.79 Å². The van der Waals surface area contributed by atoms with E-state index in [1.54, 1.807) is 4.90 Å². The summed E-state index contributed by atoms with van der Waals surface area (Å²) in [4.78, 5) is 26.1. The molecular weight excluding hydrogens is 459 g/mol. The average molecular weight is 482 g/mol. The number of halogens is 1. The number of ether oxygens (including phenoxy) is 4. The number of methoxy groups -OCH3 is 1. The second kappa shape index (κ2) is 9.73. The van der Waals surface area contributed by atoms with E-state index in [1.807, 2.05) is 0 Å². The second-order valence-corrected chi connectivity index (χ2v) is 8.06. The van der Waals surface area contributed by atoms with Crippen molar-refractivity contribution in [1.82, 2.24) is 19.9 Å². The molecule has 1 amide bonds. The van der Waals surface area contributed by atoms with Gasteiger partial charge < -0.3 is 34.1 Å². The summed E-state index contributed by atoms with van der Waals surface area (Å²) in [6.45, 7) is 2.60. The summed E-state index contributed by atoms with van der Waals surface area (Å²) in [5.74, 6) is -0.593. The maximum absolute atomic E-state index is 15.0. The van der Waals surface area contributed by atoms with E-state index in [0.29, 0.717) is 62.5 Å². The van der Waals surface area contributed by atoms with Crippen LogP contribution in [0.3, 0.4) is 0 Å². The molecule has 2 aliphatic heterocycles. The quantitative estimate of drug-likeness (QED) is 0.543. The fourth-order valence-corrected chi connectivity index (χ4v) is 4.03. The molecule has 2 aliphatic rings. The third kappa shape index (κ3) is 4.55. The molecule has 11 nitrogen and oxygen atoms in total. The molecule has 1 aromatic carbocycles. The van der Waals surface area contributed by atoms with E-state index >= 15 is 4.39 Å². The highest BCUT2D eigenvalue weighted by atomic mass is 19.1. The van der Waals surface area contributed by atoms with E-state index in [0.717, 1.165) is 0 Å². The van der Waals surface area contributed by atoms with Gasteiger partial charge in [0.05, 0.1) is 55.7 Å². The second-order valence-electron chi connectivity index (χ2n) is 8.06. The Hall–Kier alpha value is -3.95. The fraction of sp³-hybridized carbons (Fsp3) is 0.391. The van der Waals surface area contributed by atoms with Gasteiger partial charge in [0.1, 0.15) is 29.4 Å². The Morgan fingerprint density at radius 3 is 2.83 bits per heavy atom. The number of aromatic amines is 1. The molecule has 4 heterocycles. The number of aromatic nitrogens is 3. The van der Waals surface area contributed by atoms with Crippen molar-refractivity contribution in [3.8, 4) is 17.7 Å². The Morgan fingerprint density at radius 2 is 2.11 bits per heavy atom. The Bertz CT molecular complexity index is 1290. The smallest absolute Gasteiger partial charge is 0.257 e. The summed E-state index contributed by atoms with van der Waals surface area (Å²) < 4.78 is 37.1. The van der Waals surface area contributed by atoms with E-state index in [9.17, 15) is 10.1 Å². The third-order valence-corrected chi connectivity index (χ3v) is 5.85. The lowest BCUT2D eigenvalue weighted by Gasteiger charge is -2.27. The number of rotatable bonds is 6. The zero-order valence-corrected chi connectivity index (χ0v) is 19.0. The predicted octanol–water partition coefficient (Wildman–Crippen LogP) is 2.36. The lowest BCUT2D eigenvalue weighted by atomic mass is 10.1. The SMILES string of the molecule is COc1cc(C(=O)N2CCOCC2)c(F)cc1Nc1nc(O[C@H]2CCOC2)c2c(C#N)c[nH]c2n1. The van der Waals surface area contributed by atoms with E-state index < -0.39 is 11.7 Å².